The van der Waals surface area contributed by atoms with Gasteiger partial charge in [0.05, 0.1) is 0 Å². The number of nitrogens with one attached hydrogen (secondary N) is 1. The first-order valence-electron chi connectivity index (χ1n) is 16.0. The molecule has 46 heavy (non-hydrogen) atoms. The van der Waals surface area contributed by atoms with E-state index in [0.717, 1.165) is 37.7 Å². The van der Waals surface area contributed by atoms with Gasteiger partial charge in [0.25, 0.3) is 0 Å². The molecule has 1 N–H and O–H groups in total. The van der Waals surface area contributed by atoms with Crippen molar-refractivity contribution in [1.29, 1.82) is 0 Å². The van der Waals surface area contributed by atoms with Crippen molar-refractivity contribution < 1.29 is 38.1 Å². The minimum absolute atomic E-state index is 0.0251. The zero-order valence-electron chi connectivity index (χ0n) is 27.9. The summed E-state index contributed by atoms with van der Waals surface area (Å²) < 4.78 is 22.6. The lowest BCUT2D eigenvalue weighted by atomic mass is 9.69. The van der Waals surface area contributed by atoms with E-state index in [4.69, 9.17) is 30.5 Å². The van der Waals surface area contributed by atoms with Gasteiger partial charge < -0.3 is 24.3 Å². The molecule has 0 saturated heterocycles. The number of carbonyl (C=O) groups is 4. The van der Waals surface area contributed by atoms with Crippen LogP contribution in [0.3, 0.4) is 0 Å². The van der Waals surface area contributed by atoms with E-state index in [0.29, 0.717) is 10.6 Å². The molecule has 0 radical (unpaired) electrons. The van der Waals surface area contributed by atoms with Crippen LogP contribution in [-0.4, -0.2) is 47.9 Å². The summed E-state index contributed by atoms with van der Waals surface area (Å²) in [6.07, 6.45) is 2.73. The lowest BCUT2D eigenvalue weighted by molar-refractivity contribution is -0.166. The Hall–Kier alpha value is -3.59. The summed E-state index contributed by atoms with van der Waals surface area (Å²) in [6.45, 7) is 9.87. The third kappa shape index (κ3) is 11.0. The Kier molecular flexibility index (Phi) is 13.1. The van der Waals surface area contributed by atoms with Crippen molar-refractivity contribution in [2.75, 3.05) is 6.54 Å². The van der Waals surface area contributed by atoms with Gasteiger partial charge in [0.2, 0.25) is 6.10 Å². The maximum Gasteiger partial charge on any atom is 0.408 e. The first kappa shape index (κ1) is 36.9. The zero-order valence-corrected chi connectivity index (χ0v) is 28.6. The van der Waals surface area contributed by atoms with Gasteiger partial charge in [0.1, 0.15) is 17.7 Å². The first-order chi connectivity index (χ1) is 21.6. The molecule has 1 unspecified atom stereocenters. The van der Waals surface area contributed by atoms with E-state index in [2.05, 4.69) is 5.32 Å². The van der Waals surface area contributed by atoms with Crippen molar-refractivity contribution in [2.24, 2.45) is 5.92 Å². The Morgan fingerprint density at radius 2 is 1.41 bits per heavy atom. The van der Waals surface area contributed by atoms with E-state index >= 15 is 0 Å². The number of benzene rings is 2. The van der Waals surface area contributed by atoms with E-state index in [9.17, 15) is 19.2 Å². The van der Waals surface area contributed by atoms with E-state index in [1.807, 2.05) is 48.5 Å². The van der Waals surface area contributed by atoms with Crippen LogP contribution in [0.4, 0.5) is 4.79 Å². The summed E-state index contributed by atoms with van der Waals surface area (Å²) >= 11 is 6.76. The molecule has 3 rings (SSSR count). The van der Waals surface area contributed by atoms with Crippen molar-refractivity contribution in [3.8, 4) is 0 Å². The number of rotatable bonds is 12. The van der Waals surface area contributed by atoms with Crippen LogP contribution >= 0.6 is 11.6 Å². The van der Waals surface area contributed by atoms with Crippen LogP contribution in [0.1, 0.15) is 104 Å². The average molecular weight is 658 g/mol. The second-order valence-corrected chi connectivity index (χ2v) is 14.1. The summed E-state index contributed by atoms with van der Waals surface area (Å²) in [7, 11) is 0. The summed E-state index contributed by atoms with van der Waals surface area (Å²) in [4.78, 5) is 51.5. The molecule has 0 bridgehead atoms. The molecule has 1 amide bonds. The van der Waals surface area contributed by atoms with Gasteiger partial charge >= 0.3 is 24.0 Å². The zero-order chi connectivity index (χ0) is 34.0. The molecule has 0 heterocycles. The smallest absolute Gasteiger partial charge is 0.408 e. The SMILES string of the molecule is CC(C)(C)OC(=O)CCC[C@H](OC(=O)NCC(=O)OC(c1ccccc1)(c1ccccc1Cl)C1CCCCC1)C(=O)OC(C)(C)C. The van der Waals surface area contributed by atoms with Crippen LogP contribution in [0, 0.1) is 5.92 Å². The molecule has 9 nitrogen and oxygen atoms in total. The van der Waals surface area contributed by atoms with Gasteiger partial charge in [-0.1, -0.05) is 79.4 Å². The maximum atomic E-state index is 13.6. The third-order valence-electron chi connectivity index (χ3n) is 7.49. The van der Waals surface area contributed by atoms with Gasteiger partial charge in [-0.2, -0.15) is 0 Å². The Morgan fingerprint density at radius 1 is 0.804 bits per heavy atom. The Bertz CT molecular complexity index is 1330. The maximum absolute atomic E-state index is 13.6. The summed E-state index contributed by atoms with van der Waals surface area (Å²) in [5.74, 6) is -1.92. The standard InChI is InChI=1S/C36H48ClNO8/c1-34(2,3)44-30(39)23-15-22-29(32(41)46-35(4,5)6)43-33(42)38-24-31(40)45-36(25-16-9-7-10-17-25,26-18-11-8-12-19-26)27-20-13-14-21-28(27)37/h7,9-10,13-14,16-17,20-21,26,29H,8,11-12,15,18-19,22-24H2,1-6H3,(H,38,42)/t29-,36?/m0/s1. The van der Waals surface area contributed by atoms with Crippen molar-refractivity contribution >= 4 is 35.6 Å². The van der Waals surface area contributed by atoms with Crippen LogP contribution in [0.25, 0.3) is 0 Å². The fourth-order valence-corrected chi connectivity index (χ4v) is 5.99. The lowest BCUT2D eigenvalue weighted by Crippen LogP contribution is -2.45. The quantitative estimate of drug-likeness (QED) is 0.183. The number of halogens is 1. The molecule has 1 aliphatic carbocycles. The highest BCUT2D eigenvalue weighted by Gasteiger charge is 2.47. The average Bonchev–Trinajstić information content (AvgIpc) is 2.98. The Morgan fingerprint density at radius 3 is 2.02 bits per heavy atom. The molecule has 1 fully saturated rings. The predicted molar refractivity (Wildman–Crippen MR) is 175 cm³/mol. The van der Waals surface area contributed by atoms with Crippen molar-refractivity contribution in [2.45, 2.75) is 116 Å². The molecular weight excluding hydrogens is 610 g/mol. The topological polar surface area (TPSA) is 117 Å². The van der Waals surface area contributed by atoms with Crippen molar-refractivity contribution in [3.05, 3.63) is 70.7 Å². The molecule has 2 atom stereocenters. The van der Waals surface area contributed by atoms with E-state index in [-0.39, 0.29) is 25.2 Å². The third-order valence-corrected chi connectivity index (χ3v) is 7.82. The van der Waals surface area contributed by atoms with Crippen LogP contribution in [-0.2, 0) is 38.9 Å². The van der Waals surface area contributed by atoms with E-state index in [1.54, 1.807) is 47.6 Å². The second kappa shape index (κ2) is 16.3. The number of esters is 3. The predicted octanol–water partition coefficient (Wildman–Crippen LogP) is 7.66. The van der Waals surface area contributed by atoms with E-state index in [1.165, 1.54) is 0 Å². The molecule has 2 aromatic carbocycles. The van der Waals surface area contributed by atoms with Crippen molar-refractivity contribution in [3.63, 3.8) is 0 Å². The fourth-order valence-electron chi connectivity index (χ4n) is 5.71. The fraction of sp³-hybridized carbons (Fsp3) is 0.556. The largest absolute Gasteiger partial charge is 0.460 e. The Balaban J connectivity index is 1.76. The number of alkyl carbamates (subject to hydrolysis) is 1. The van der Waals surface area contributed by atoms with Gasteiger partial charge in [0, 0.05) is 28.5 Å². The van der Waals surface area contributed by atoms with Crippen LogP contribution in [0.5, 0.6) is 0 Å². The highest BCUT2D eigenvalue weighted by molar-refractivity contribution is 6.31. The van der Waals surface area contributed by atoms with Crippen LogP contribution in [0.15, 0.2) is 54.6 Å². The first-order valence-corrected chi connectivity index (χ1v) is 16.4. The second-order valence-electron chi connectivity index (χ2n) is 13.7. The van der Waals surface area contributed by atoms with Crippen molar-refractivity contribution in [1.82, 2.24) is 5.32 Å². The Labute approximate surface area is 277 Å². The molecule has 0 aromatic heterocycles. The minimum atomic E-state index is -1.30. The molecule has 252 valence electrons. The van der Waals surface area contributed by atoms with Gasteiger partial charge in [-0.05, 0) is 73.3 Å². The van der Waals surface area contributed by atoms with Crippen LogP contribution in [0.2, 0.25) is 5.02 Å². The highest BCUT2D eigenvalue weighted by atomic mass is 35.5. The minimum Gasteiger partial charge on any atom is -0.460 e. The number of carbonyl (C=O) groups excluding carboxylic acids is 4. The molecular formula is C36H48ClNO8. The molecule has 1 aliphatic rings. The van der Waals surface area contributed by atoms with E-state index < -0.39 is 53.5 Å². The molecule has 10 heteroatoms. The molecule has 2 aromatic rings. The number of amides is 1. The number of hydrogen-bond donors (Lipinski definition) is 1. The van der Waals surface area contributed by atoms with Gasteiger partial charge in [-0.15, -0.1) is 0 Å². The normalized spacial score (nSPS) is 16.0. The van der Waals surface area contributed by atoms with Crippen LogP contribution < -0.4 is 5.32 Å². The summed E-state index contributed by atoms with van der Waals surface area (Å²) in [5.41, 5.74) is -1.18. The van der Waals surface area contributed by atoms with Gasteiger partial charge in [0.15, 0.2) is 5.60 Å². The lowest BCUT2D eigenvalue weighted by Gasteiger charge is -2.43. The molecule has 1 saturated carbocycles. The van der Waals surface area contributed by atoms with Gasteiger partial charge in [-0.3, -0.25) is 9.59 Å². The highest BCUT2D eigenvalue weighted by Crippen LogP contribution is 2.49. The monoisotopic (exact) mass is 657 g/mol. The number of hydrogen-bond acceptors (Lipinski definition) is 8. The van der Waals surface area contributed by atoms with Gasteiger partial charge in [-0.25, -0.2) is 9.59 Å². The summed E-state index contributed by atoms with van der Waals surface area (Å²) in [6, 6.07) is 16.9. The molecule has 0 spiro atoms. The number of ether oxygens (including phenoxy) is 4. The molecule has 0 aliphatic heterocycles. The summed E-state index contributed by atoms with van der Waals surface area (Å²) in [5, 5.41) is 2.91.